The molecule has 0 atom stereocenters. The predicted molar refractivity (Wildman–Crippen MR) is 102 cm³/mol. The summed E-state index contributed by atoms with van der Waals surface area (Å²) in [5, 5.41) is 14.4. The molecule has 128 valence electrons. The van der Waals surface area contributed by atoms with Crippen molar-refractivity contribution in [3.05, 3.63) is 58.1 Å². The van der Waals surface area contributed by atoms with E-state index in [1.807, 2.05) is 18.2 Å². The van der Waals surface area contributed by atoms with Crippen molar-refractivity contribution in [3.8, 4) is 0 Å². The molecule has 3 aromatic rings. The molecule has 0 aliphatic rings. The number of aromatic nitrogens is 1. The number of benzene rings is 2. The Morgan fingerprint density at radius 2 is 2.04 bits per heavy atom. The van der Waals surface area contributed by atoms with Crippen LogP contribution in [0.2, 0.25) is 0 Å². The van der Waals surface area contributed by atoms with Crippen LogP contribution >= 0.6 is 23.1 Å². The van der Waals surface area contributed by atoms with Gasteiger partial charge in [0.15, 0.2) is 5.13 Å². The Bertz CT molecular complexity index is 953. The third-order valence-corrected chi connectivity index (χ3v) is 5.31. The predicted octanol–water partition coefficient (Wildman–Crippen LogP) is 4.96. The van der Waals surface area contributed by atoms with Gasteiger partial charge in [0.25, 0.3) is 11.6 Å². The molecule has 0 bridgehead atoms. The van der Waals surface area contributed by atoms with Crippen LogP contribution in [0.5, 0.6) is 0 Å². The maximum Gasteiger partial charge on any atom is 0.270 e. The number of nitrogens with one attached hydrogen (secondary N) is 1. The minimum Gasteiger partial charge on any atom is -0.298 e. The van der Waals surface area contributed by atoms with E-state index in [1.165, 1.54) is 23.5 Å². The van der Waals surface area contributed by atoms with Crippen molar-refractivity contribution >= 4 is 50.0 Å². The summed E-state index contributed by atoms with van der Waals surface area (Å²) < 4.78 is 0.661. The van der Waals surface area contributed by atoms with E-state index in [0.717, 1.165) is 4.90 Å². The standard InChI is InChI=1S/C17H15N3O3S2/c1-10(2)24-14-6-4-3-5-12(14)16(21)19-17-18-13-8-7-11(20(22)23)9-15(13)25-17/h3-10H,1-2H3,(H,18,19,21). The Balaban J connectivity index is 1.86. The second kappa shape index (κ2) is 7.20. The highest BCUT2D eigenvalue weighted by atomic mass is 32.2. The molecular formula is C17H15N3O3S2. The van der Waals surface area contributed by atoms with Gasteiger partial charge in [-0.3, -0.25) is 20.2 Å². The number of nitrogens with zero attached hydrogens (tertiary/aromatic N) is 2. The highest BCUT2D eigenvalue weighted by Crippen LogP contribution is 2.31. The van der Waals surface area contributed by atoms with E-state index < -0.39 is 4.92 Å². The number of thiazole rings is 1. The summed E-state index contributed by atoms with van der Waals surface area (Å²) in [6.07, 6.45) is 0. The van der Waals surface area contributed by atoms with Gasteiger partial charge in [0.1, 0.15) is 0 Å². The third-order valence-electron chi connectivity index (χ3n) is 3.30. The topological polar surface area (TPSA) is 85.1 Å². The summed E-state index contributed by atoms with van der Waals surface area (Å²) in [6.45, 7) is 4.14. The number of fused-ring (bicyclic) bond motifs is 1. The molecule has 1 N–H and O–H groups in total. The minimum atomic E-state index is -0.448. The zero-order valence-corrected chi connectivity index (χ0v) is 15.2. The molecule has 0 spiro atoms. The Morgan fingerprint density at radius 3 is 2.76 bits per heavy atom. The monoisotopic (exact) mass is 373 g/mol. The number of nitro groups is 1. The molecule has 1 aromatic heterocycles. The van der Waals surface area contributed by atoms with Gasteiger partial charge in [0.05, 0.1) is 20.7 Å². The summed E-state index contributed by atoms with van der Waals surface area (Å²) in [5.41, 5.74) is 1.22. The van der Waals surface area contributed by atoms with Crippen molar-refractivity contribution in [2.24, 2.45) is 0 Å². The lowest BCUT2D eigenvalue weighted by Crippen LogP contribution is -2.13. The Hall–Kier alpha value is -2.45. The van der Waals surface area contributed by atoms with E-state index in [4.69, 9.17) is 0 Å². The van der Waals surface area contributed by atoms with Gasteiger partial charge < -0.3 is 0 Å². The zero-order chi connectivity index (χ0) is 18.0. The minimum absolute atomic E-state index is 0.00713. The summed E-state index contributed by atoms with van der Waals surface area (Å²) in [4.78, 5) is 28.2. The fraction of sp³-hybridized carbons (Fsp3) is 0.176. The van der Waals surface area contributed by atoms with E-state index in [2.05, 4.69) is 24.1 Å². The molecule has 25 heavy (non-hydrogen) atoms. The number of non-ortho nitro benzene ring substituents is 1. The molecule has 6 nitrogen and oxygen atoms in total. The molecule has 0 aliphatic heterocycles. The third kappa shape index (κ3) is 3.97. The number of carbonyl (C=O) groups is 1. The normalized spacial score (nSPS) is 11.0. The first-order chi connectivity index (χ1) is 11.9. The van der Waals surface area contributed by atoms with Crippen molar-refractivity contribution in [1.29, 1.82) is 0 Å². The first kappa shape index (κ1) is 17.4. The maximum atomic E-state index is 12.6. The van der Waals surface area contributed by atoms with Crippen molar-refractivity contribution in [2.75, 3.05) is 5.32 Å². The van der Waals surface area contributed by atoms with Gasteiger partial charge in [-0.15, -0.1) is 11.8 Å². The highest BCUT2D eigenvalue weighted by Gasteiger charge is 2.16. The molecule has 1 heterocycles. The summed E-state index contributed by atoms with van der Waals surface area (Å²) in [7, 11) is 0. The molecule has 0 saturated heterocycles. The van der Waals surface area contributed by atoms with Crippen molar-refractivity contribution in [1.82, 2.24) is 4.98 Å². The zero-order valence-electron chi connectivity index (χ0n) is 13.6. The molecule has 2 aromatic carbocycles. The van der Waals surface area contributed by atoms with E-state index in [9.17, 15) is 14.9 Å². The number of hydrogen-bond acceptors (Lipinski definition) is 6. The Kier molecular flexibility index (Phi) is 5.00. The quantitative estimate of drug-likeness (QED) is 0.388. The molecule has 1 amide bonds. The SMILES string of the molecule is CC(C)Sc1ccccc1C(=O)Nc1nc2ccc([N+](=O)[O-])cc2s1. The Labute approximate surface area is 152 Å². The first-order valence-corrected chi connectivity index (χ1v) is 9.25. The van der Waals surface area contributed by atoms with Crippen LogP contribution in [-0.2, 0) is 0 Å². The largest absolute Gasteiger partial charge is 0.298 e. The van der Waals surface area contributed by atoms with Crippen LogP contribution in [0.25, 0.3) is 10.2 Å². The molecule has 0 unspecified atom stereocenters. The van der Waals surface area contributed by atoms with Gasteiger partial charge in [-0.1, -0.05) is 37.3 Å². The van der Waals surface area contributed by atoms with Crippen molar-refractivity contribution in [2.45, 2.75) is 24.0 Å². The number of nitro benzene ring substituents is 1. The van der Waals surface area contributed by atoms with Gasteiger partial charge in [0.2, 0.25) is 0 Å². The summed E-state index contributed by atoms with van der Waals surface area (Å²) in [5.74, 6) is -0.239. The summed E-state index contributed by atoms with van der Waals surface area (Å²) in [6, 6.07) is 11.9. The molecule has 0 saturated carbocycles. The van der Waals surface area contributed by atoms with Crippen LogP contribution in [0.4, 0.5) is 10.8 Å². The number of rotatable bonds is 5. The van der Waals surface area contributed by atoms with Gasteiger partial charge in [-0.25, -0.2) is 4.98 Å². The lowest BCUT2D eigenvalue weighted by Gasteiger charge is -2.10. The molecule has 3 rings (SSSR count). The van der Waals surface area contributed by atoms with Crippen molar-refractivity contribution < 1.29 is 9.72 Å². The lowest BCUT2D eigenvalue weighted by atomic mass is 10.2. The van der Waals surface area contributed by atoms with Crippen LogP contribution in [0, 0.1) is 10.1 Å². The van der Waals surface area contributed by atoms with E-state index in [-0.39, 0.29) is 11.6 Å². The average Bonchev–Trinajstić information content (AvgIpc) is 2.95. The van der Waals surface area contributed by atoms with Gasteiger partial charge >= 0.3 is 0 Å². The second-order valence-electron chi connectivity index (χ2n) is 5.55. The lowest BCUT2D eigenvalue weighted by molar-refractivity contribution is -0.384. The van der Waals surface area contributed by atoms with Crippen LogP contribution in [-0.4, -0.2) is 21.1 Å². The number of hydrogen-bond donors (Lipinski definition) is 1. The summed E-state index contributed by atoms with van der Waals surface area (Å²) >= 11 is 2.84. The number of anilines is 1. The fourth-order valence-corrected chi connectivity index (χ4v) is 4.10. The molecule has 0 radical (unpaired) electrons. The smallest absolute Gasteiger partial charge is 0.270 e. The average molecular weight is 373 g/mol. The Morgan fingerprint density at radius 1 is 1.28 bits per heavy atom. The van der Waals surface area contributed by atoms with E-state index >= 15 is 0 Å². The van der Waals surface area contributed by atoms with Crippen LogP contribution in [0.15, 0.2) is 47.4 Å². The number of thioether (sulfide) groups is 1. The van der Waals surface area contributed by atoms with Crippen LogP contribution < -0.4 is 5.32 Å². The van der Waals surface area contributed by atoms with E-state index in [1.54, 1.807) is 23.9 Å². The fourth-order valence-electron chi connectivity index (χ4n) is 2.26. The van der Waals surface area contributed by atoms with Crippen molar-refractivity contribution in [3.63, 3.8) is 0 Å². The maximum absolute atomic E-state index is 12.6. The van der Waals surface area contributed by atoms with Gasteiger partial charge in [0, 0.05) is 22.3 Å². The number of carbonyl (C=O) groups excluding carboxylic acids is 1. The molecular weight excluding hydrogens is 358 g/mol. The van der Waals surface area contributed by atoms with E-state index in [0.29, 0.717) is 26.2 Å². The molecule has 0 aliphatic carbocycles. The number of amides is 1. The van der Waals surface area contributed by atoms with Crippen LogP contribution in [0.3, 0.4) is 0 Å². The van der Waals surface area contributed by atoms with Crippen LogP contribution in [0.1, 0.15) is 24.2 Å². The molecule has 8 heteroatoms. The molecule has 0 fully saturated rings. The van der Waals surface area contributed by atoms with Gasteiger partial charge in [-0.05, 0) is 18.2 Å². The highest BCUT2D eigenvalue weighted by molar-refractivity contribution is 8.00. The van der Waals surface area contributed by atoms with Gasteiger partial charge in [-0.2, -0.15) is 0 Å². The second-order valence-corrected chi connectivity index (χ2v) is 8.19. The first-order valence-electron chi connectivity index (χ1n) is 7.56.